The second kappa shape index (κ2) is 4.13. The first-order valence-corrected chi connectivity index (χ1v) is 7.61. The molecule has 6 nitrogen and oxygen atoms in total. The van der Waals surface area contributed by atoms with Crippen molar-refractivity contribution in [1.82, 2.24) is 0 Å². The van der Waals surface area contributed by atoms with E-state index in [1.807, 2.05) is 0 Å². The number of nitrogens with two attached hydrogens (primary N) is 1. The molecule has 0 amide bonds. The van der Waals surface area contributed by atoms with E-state index >= 15 is 0 Å². The number of ether oxygens (including phenoxy) is 2. The van der Waals surface area contributed by atoms with E-state index in [-0.39, 0.29) is 18.5 Å². The van der Waals surface area contributed by atoms with Crippen LogP contribution in [0.5, 0.6) is 0 Å². The number of aliphatic imine (C=N–C) groups is 1. The number of hydrogen-bond acceptors (Lipinski definition) is 6. The van der Waals surface area contributed by atoms with Gasteiger partial charge in [0.15, 0.2) is 10.8 Å². The van der Waals surface area contributed by atoms with Gasteiger partial charge >= 0.3 is 0 Å². The standard InChI is InChI=1S/C17H15FN4O2/c1-10-7-23-17(24-10)16(9-20)14(2,11-3-5-12(18)6-4-11)15(16,8-19)13(21)22-17/h3-6,10H,7H2,1-2H3,(H2,21,22)/t10-,14+,15+,16-,17-/m1/s1. The van der Waals surface area contributed by atoms with Crippen LogP contribution in [0.4, 0.5) is 4.39 Å². The number of hydrogen-bond donors (Lipinski definition) is 1. The maximum atomic E-state index is 13.3. The van der Waals surface area contributed by atoms with Crippen molar-refractivity contribution < 1.29 is 13.9 Å². The lowest BCUT2D eigenvalue weighted by Gasteiger charge is -2.30. The Morgan fingerprint density at radius 1 is 1.29 bits per heavy atom. The molecule has 0 unspecified atom stereocenters. The number of nitriles is 2. The van der Waals surface area contributed by atoms with Gasteiger partial charge < -0.3 is 15.2 Å². The lowest BCUT2D eigenvalue weighted by molar-refractivity contribution is -0.196. The highest BCUT2D eigenvalue weighted by atomic mass is 19.1. The molecule has 4 rings (SSSR count). The largest absolute Gasteiger partial charge is 0.386 e. The van der Waals surface area contributed by atoms with Crippen molar-refractivity contribution in [2.45, 2.75) is 31.3 Å². The SMILES string of the molecule is C[C@@H]1CO[C@@]2(N=C(N)[C@@]3(C#N)[C@](C)(c4ccc(F)cc4)[C@@]23C#N)O1. The third-order valence-corrected chi connectivity index (χ3v) is 5.76. The Balaban J connectivity index is 1.98. The van der Waals surface area contributed by atoms with Crippen molar-refractivity contribution in [2.24, 2.45) is 21.6 Å². The molecule has 3 aliphatic rings. The summed E-state index contributed by atoms with van der Waals surface area (Å²) in [6.07, 6.45) is -0.278. The van der Waals surface area contributed by atoms with Gasteiger partial charge in [0.25, 0.3) is 5.91 Å². The molecule has 1 saturated heterocycles. The first-order valence-electron chi connectivity index (χ1n) is 7.61. The number of halogens is 1. The molecule has 2 aliphatic heterocycles. The Labute approximate surface area is 138 Å². The lowest BCUT2D eigenvalue weighted by atomic mass is 9.84. The molecule has 0 aromatic heterocycles. The summed E-state index contributed by atoms with van der Waals surface area (Å²) in [6.45, 7) is 3.81. The summed E-state index contributed by atoms with van der Waals surface area (Å²) in [5.74, 6) is -1.99. The Morgan fingerprint density at radius 2 is 1.96 bits per heavy atom. The van der Waals surface area contributed by atoms with Crippen LogP contribution in [0.3, 0.4) is 0 Å². The number of fused-ring (bicyclic) bond motifs is 2. The van der Waals surface area contributed by atoms with Crippen LogP contribution in [-0.2, 0) is 14.9 Å². The maximum Gasteiger partial charge on any atom is 0.294 e. The number of benzene rings is 1. The smallest absolute Gasteiger partial charge is 0.294 e. The van der Waals surface area contributed by atoms with Crippen molar-refractivity contribution in [1.29, 1.82) is 10.5 Å². The second-order valence-corrected chi connectivity index (χ2v) is 6.67. The van der Waals surface area contributed by atoms with Crippen molar-refractivity contribution in [3.63, 3.8) is 0 Å². The predicted octanol–water partition coefficient (Wildman–Crippen LogP) is 1.58. The zero-order valence-electron chi connectivity index (χ0n) is 13.2. The molecule has 5 atom stereocenters. The number of amidine groups is 1. The Hall–Kier alpha value is -2.48. The monoisotopic (exact) mass is 326 g/mol. The van der Waals surface area contributed by atoms with E-state index in [0.29, 0.717) is 5.56 Å². The van der Waals surface area contributed by atoms with Crippen LogP contribution in [0, 0.1) is 39.3 Å². The van der Waals surface area contributed by atoms with Gasteiger partial charge in [-0.25, -0.2) is 9.38 Å². The molecule has 0 bridgehead atoms. The quantitative estimate of drug-likeness (QED) is 0.843. The minimum Gasteiger partial charge on any atom is -0.386 e. The fourth-order valence-corrected chi connectivity index (χ4v) is 4.61. The molecule has 24 heavy (non-hydrogen) atoms. The molecule has 0 radical (unpaired) electrons. The maximum absolute atomic E-state index is 13.3. The first-order chi connectivity index (χ1) is 11.3. The summed E-state index contributed by atoms with van der Waals surface area (Å²) in [5.41, 5.74) is 2.91. The van der Waals surface area contributed by atoms with Gasteiger partial charge in [0, 0.05) is 5.41 Å². The Kier molecular flexibility index (Phi) is 2.59. The first kappa shape index (κ1) is 15.1. The van der Waals surface area contributed by atoms with Crippen molar-refractivity contribution in [3.8, 4) is 12.1 Å². The molecule has 1 saturated carbocycles. The van der Waals surface area contributed by atoms with Gasteiger partial charge in [0.05, 0.1) is 24.8 Å². The molecule has 1 aliphatic carbocycles. The predicted molar refractivity (Wildman–Crippen MR) is 80.7 cm³/mol. The van der Waals surface area contributed by atoms with E-state index in [9.17, 15) is 14.9 Å². The topological polar surface area (TPSA) is 104 Å². The second-order valence-electron chi connectivity index (χ2n) is 6.67. The normalized spacial score (nSPS) is 45.4. The average Bonchev–Trinajstić information content (AvgIpc) is 2.75. The van der Waals surface area contributed by atoms with Crippen molar-refractivity contribution >= 4 is 5.84 Å². The minimum atomic E-state index is -1.61. The summed E-state index contributed by atoms with van der Waals surface area (Å²) in [6, 6.07) is 10.1. The van der Waals surface area contributed by atoms with Crippen LogP contribution in [-0.4, -0.2) is 24.5 Å². The van der Waals surface area contributed by atoms with Gasteiger partial charge in [0.1, 0.15) is 11.7 Å². The van der Waals surface area contributed by atoms with Gasteiger partial charge in [0.2, 0.25) is 0 Å². The van der Waals surface area contributed by atoms with Gasteiger partial charge in [-0.05, 0) is 24.6 Å². The van der Waals surface area contributed by atoms with Crippen LogP contribution in [0.15, 0.2) is 29.3 Å². The van der Waals surface area contributed by atoms with E-state index in [1.165, 1.54) is 12.1 Å². The van der Waals surface area contributed by atoms with Crippen LogP contribution in [0.2, 0.25) is 0 Å². The molecule has 2 heterocycles. The van der Waals surface area contributed by atoms with E-state index in [2.05, 4.69) is 17.1 Å². The molecule has 2 N–H and O–H groups in total. The highest BCUT2D eigenvalue weighted by Gasteiger charge is 3.00. The van der Waals surface area contributed by atoms with Crippen molar-refractivity contribution in [3.05, 3.63) is 35.6 Å². The highest BCUT2D eigenvalue weighted by Crippen LogP contribution is 2.85. The molecular formula is C17H15FN4O2. The molecule has 122 valence electrons. The lowest BCUT2D eigenvalue weighted by Crippen LogP contribution is -2.42. The van der Waals surface area contributed by atoms with E-state index < -0.39 is 28.0 Å². The average molecular weight is 326 g/mol. The molecule has 2 fully saturated rings. The van der Waals surface area contributed by atoms with Crippen molar-refractivity contribution in [2.75, 3.05) is 6.61 Å². The molecule has 1 aromatic carbocycles. The summed E-state index contributed by atoms with van der Waals surface area (Å²) in [5, 5.41) is 20.0. The zero-order chi connectivity index (χ0) is 17.4. The number of rotatable bonds is 1. The van der Waals surface area contributed by atoms with Crippen LogP contribution >= 0.6 is 0 Å². The van der Waals surface area contributed by atoms with Gasteiger partial charge in [-0.3, -0.25) is 0 Å². The number of nitrogens with zero attached hydrogens (tertiary/aromatic N) is 3. The molecule has 1 aromatic rings. The molecule has 1 spiro atoms. The van der Waals surface area contributed by atoms with Crippen LogP contribution in [0.1, 0.15) is 19.4 Å². The van der Waals surface area contributed by atoms with E-state index in [1.54, 1.807) is 26.0 Å². The third-order valence-electron chi connectivity index (χ3n) is 5.76. The minimum absolute atomic E-state index is 0.0208. The fourth-order valence-electron chi connectivity index (χ4n) is 4.61. The Morgan fingerprint density at radius 3 is 2.46 bits per heavy atom. The summed E-state index contributed by atoms with van der Waals surface area (Å²) < 4.78 is 25.0. The van der Waals surface area contributed by atoms with Gasteiger partial charge in [-0.15, -0.1) is 0 Å². The van der Waals surface area contributed by atoms with Crippen LogP contribution in [0.25, 0.3) is 0 Å². The van der Waals surface area contributed by atoms with E-state index in [0.717, 1.165) is 0 Å². The summed E-state index contributed by atoms with van der Waals surface area (Å²) >= 11 is 0. The zero-order valence-corrected chi connectivity index (χ0v) is 13.2. The van der Waals surface area contributed by atoms with Gasteiger partial charge in [-0.2, -0.15) is 10.5 Å². The molecular weight excluding hydrogens is 311 g/mol. The van der Waals surface area contributed by atoms with E-state index in [4.69, 9.17) is 15.2 Å². The Bertz CT molecular complexity index is 857. The molecule has 7 heteroatoms. The summed E-state index contributed by atoms with van der Waals surface area (Å²) in [4.78, 5) is 4.26. The van der Waals surface area contributed by atoms with Gasteiger partial charge in [-0.1, -0.05) is 19.1 Å². The summed E-state index contributed by atoms with van der Waals surface area (Å²) in [7, 11) is 0. The highest BCUT2D eigenvalue weighted by molar-refractivity contribution is 6.02. The fraction of sp³-hybridized carbons (Fsp3) is 0.471. The van der Waals surface area contributed by atoms with Crippen LogP contribution < -0.4 is 5.73 Å². The third kappa shape index (κ3) is 1.17.